The van der Waals surface area contributed by atoms with Gasteiger partial charge in [-0.15, -0.1) is 0 Å². The van der Waals surface area contributed by atoms with E-state index in [2.05, 4.69) is 31.9 Å². The largest absolute Gasteiger partial charge is 0.280 e. The molecule has 1 nitrogen and oxygen atoms in total. The molecule has 0 radical (unpaired) electrons. The van der Waals surface area contributed by atoms with Gasteiger partial charge in [-0.2, -0.15) is 0 Å². The van der Waals surface area contributed by atoms with Gasteiger partial charge in [0, 0.05) is 0 Å². The number of halogens is 3. The lowest BCUT2D eigenvalue weighted by molar-refractivity contribution is -0.114. The van der Waals surface area contributed by atoms with E-state index in [9.17, 15) is 4.79 Å². The van der Waals surface area contributed by atoms with Crippen LogP contribution in [0.15, 0.2) is 9.47 Å². The molecule has 56 valence electrons. The third kappa shape index (κ3) is 1.83. The lowest BCUT2D eigenvalue weighted by atomic mass is 10.1. The summed E-state index contributed by atoms with van der Waals surface area (Å²) in [6.45, 7) is 0. The Labute approximate surface area is 81.1 Å². The molecule has 0 heterocycles. The molecule has 4 heteroatoms. The molecule has 0 aromatic carbocycles. The summed E-state index contributed by atoms with van der Waals surface area (Å²) >= 11 is 11.7. The Morgan fingerprint density at radius 1 is 1.50 bits per heavy atom. The van der Waals surface area contributed by atoms with Crippen LogP contribution in [-0.2, 0) is 4.79 Å². The van der Waals surface area contributed by atoms with Gasteiger partial charge in [0.05, 0.1) is 8.81 Å². The SMILES string of the molecule is O=C(Cl)C1(C=C(Br)Br)CC1. The first kappa shape index (κ1) is 8.75. The minimum absolute atomic E-state index is 0.260. The molecule has 1 rings (SSSR count). The molecular formula is C6H5Br2ClO. The predicted molar refractivity (Wildman–Crippen MR) is 48.5 cm³/mol. The molecule has 0 N–H and O–H groups in total. The molecule has 10 heavy (non-hydrogen) atoms. The summed E-state index contributed by atoms with van der Waals surface area (Å²) in [5, 5.41) is -0.260. The van der Waals surface area contributed by atoms with Gasteiger partial charge in [0.25, 0.3) is 0 Å². The van der Waals surface area contributed by atoms with Crippen LogP contribution in [0.3, 0.4) is 0 Å². The van der Waals surface area contributed by atoms with Crippen molar-refractivity contribution in [1.82, 2.24) is 0 Å². The van der Waals surface area contributed by atoms with E-state index in [0.29, 0.717) is 0 Å². The summed E-state index contributed by atoms with van der Waals surface area (Å²) in [6, 6.07) is 0. The molecular weight excluding hydrogens is 283 g/mol. The van der Waals surface area contributed by atoms with Crippen LogP contribution in [0.4, 0.5) is 0 Å². The third-order valence-corrected chi connectivity index (χ3v) is 2.40. The zero-order valence-electron chi connectivity index (χ0n) is 5.03. The number of hydrogen-bond acceptors (Lipinski definition) is 1. The van der Waals surface area contributed by atoms with E-state index in [4.69, 9.17) is 11.6 Å². The van der Waals surface area contributed by atoms with Crippen LogP contribution in [0, 0.1) is 5.41 Å². The molecule has 1 aliphatic carbocycles. The van der Waals surface area contributed by atoms with Crippen LogP contribution in [0.5, 0.6) is 0 Å². The van der Waals surface area contributed by atoms with Crippen LogP contribution in [0.2, 0.25) is 0 Å². The van der Waals surface area contributed by atoms with Crippen LogP contribution in [-0.4, -0.2) is 5.24 Å². The smallest absolute Gasteiger partial charge is 0.231 e. The van der Waals surface area contributed by atoms with Crippen LogP contribution >= 0.6 is 43.5 Å². The lowest BCUT2D eigenvalue weighted by Gasteiger charge is -2.00. The molecule has 1 fully saturated rings. The fourth-order valence-corrected chi connectivity index (χ4v) is 1.86. The van der Waals surface area contributed by atoms with Gasteiger partial charge in [0.1, 0.15) is 0 Å². The molecule has 0 aromatic rings. The van der Waals surface area contributed by atoms with E-state index in [0.717, 1.165) is 16.2 Å². The number of hydrogen-bond donors (Lipinski definition) is 0. The fraction of sp³-hybridized carbons (Fsp3) is 0.500. The minimum Gasteiger partial charge on any atom is -0.280 e. The zero-order valence-corrected chi connectivity index (χ0v) is 8.96. The van der Waals surface area contributed by atoms with E-state index in [-0.39, 0.29) is 10.7 Å². The molecule has 0 bridgehead atoms. The Morgan fingerprint density at radius 2 is 2.00 bits per heavy atom. The highest BCUT2D eigenvalue weighted by molar-refractivity contribution is 9.28. The highest BCUT2D eigenvalue weighted by atomic mass is 79.9. The predicted octanol–water partition coefficient (Wildman–Crippen LogP) is 3.16. The van der Waals surface area contributed by atoms with E-state index in [1.165, 1.54) is 0 Å². The molecule has 1 aliphatic rings. The molecule has 0 atom stereocenters. The highest BCUT2D eigenvalue weighted by Crippen LogP contribution is 2.50. The summed E-state index contributed by atoms with van der Waals surface area (Å²) in [5.41, 5.74) is -0.357. The monoisotopic (exact) mass is 286 g/mol. The van der Waals surface area contributed by atoms with Gasteiger partial charge in [-0.25, -0.2) is 0 Å². The van der Waals surface area contributed by atoms with Gasteiger partial charge >= 0.3 is 0 Å². The third-order valence-electron chi connectivity index (χ3n) is 1.57. The van der Waals surface area contributed by atoms with Gasteiger partial charge < -0.3 is 0 Å². The van der Waals surface area contributed by atoms with Crippen molar-refractivity contribution < 1.29 is 4.79 Å². The minimum atomic E-state index is -0.357. The standard InChI is InChI=1S/C6H5Br2ClO/c7-4(8)3-6(1-2-6)5(9)10/h3H,1-2H2. The van der Waals surface area contributed by atoms with Gasteiger partial charge in [-0.05, 0) is 62.4 Å². The van der Waals surface area contributed by atoms with Crippen molar-refractivity contribution in [1.29, 1.82) is 0 Å². The van der Waals surface area contributed by atoms with Crippen molar-refractivity contribution in [2.75, 3.05) is 0 Å². The maximum absolute atomic E-state index is 10.7. The number of carbonyl (C=O) groups excluding carboxylic acids is 1. The van der Waals surface area contributed by atoms with Crippen LogP contribution in [0.25, 0.3) is 0 Å². The number of allylic oxidation sites excluding steroid dienone is 1. The topological polar surface area (TPSA) is 17.1 Å². The Morgan fingerprint density at radius 3 is 2.10 bits per heavy atom. The lowest BCUT2D eigenvalue weighted by Crippen LogP contribution is -2.04. The normalized spacial score (nSPS) is 19.9. The van der Waals surface area contributed by atoms with Crippen molar-refractivity contribution in [3.63, 3.8) is 0 Å². The van der Waals surface area contributed by atoms with Gasteiger partial charge in [0.2, 0.25) is 5.24 Å². The average Bonchev–Trinajstić information content (AvgIpc) is 2.46. The first-order valence-corrected chi connectivity index (χ1v) is 4.77. The second-order valence-electron chi connectivity index (χ2n) is 2.36. The Bertz CT molecular complexity index is 192. The molecule has 0 aliphatic heterocycles. The second-order valence-corrected chi connectivity index (χ2v) is 5.48. The molecule has 0 amide bonds. The van der Waals surface area contributed by atoms with Crippen molar-refractivity contribution in [3.8, 4) is 0 Å². The molecule has 0 unspecified atom stereocenters. The molecule has 1 saturated carbocycles. The van der Waals surface area contributed by atoms with E-state index >= 15 is 0 Å². The first-order chi connectivity index (χ1) is 4.57. The quantitative estimate of drug-likeness (QED) is 0.713. The highest BCUT2D eigenvalue weighted by Gasteiger charge is 2.47. The van der Waals surface area contributed by atoms with Crippen molar-refractivity contribution in [2.24, 2.45) is 5.41 Å². The molecule has 0 saturated heterocycles. The van der Waals surface area contributed by atoms with Gasteiger partial charge in [-0.1, -0.05) is 0 Å². The van der Waals surface area contributed by atoms with E-state index in [1.807, 2.05) is 6.08 Å². The summed E-state index contributed by atoms with van der Waals surface area (Å²) in [4.78, 5) is 10.7. The van der Waals surface area contributed by atoms with Crippen molar-refractivity contribution in [2.45, 2.75) is 12.8 Å². The van der Waals surface area contributed by atoms with Crippen molar-refractivity contribution >= 4 is 48.7 Å². The first-order valence-electron chi connectivity index (χ1n) is 2.81. The summed E-state index contributed by atoms with van der Waals surface area (Å²) < 4.78 is 0.798. The Balaban J connectivity index is 2.71. The maximum atomic E-state index is 10.7. The van der Waals surface area contributed by atoms with Gasteiger partial charge in [-0.3, -0.25) is 4.79 Å². The van der Waals surface area contributed by atoms with Gasteiger partial charge in [0.15, 0.2) is 0 Å². The Kier molecular flexibility index (Phi) is 2.59. The summed E-state index contributed by atoms with van der Waals surface area (Å²) in [5.74, 6) is 0. The number of carbonyl (C=O) groups is 1. The molecule has 0 aromatic heterocycles. The average molecular weight is 288 g/mol. The number of rotatable bonds is 2. The van der Waals surface area contributed by atoms with E-state index in [1.54, 1.807) is 0 Å². The maximum Gasteiger partial charge on any atom is 0.231 e. The van der Waals surface area contributed by atoms with Crippen LogP contribution < -0.4 is 0 Å². The summed E-state index contributed by atoms with van der Waals surface area (Å²) in [7, 11) is 0. The fourth-order valence-electron chi connectivity index (χ4n) is 0.741. The van der Waals surface area contributed by atoms with Crippen LogP contribution in [0.1, 0.15) is 12.8 Å². The second kappa shape index (κ2) is 2.95. The Hall–Kier alpha value is 0.660. The van der Waals surface area contributed by atoms with E-state index < -0.39 is 0 Å². The zero-order chi connectivity index (χ0) is 7.78. The summed E-state index contributed by atoms with van der Waals surface area (Å²) in [6.07, 6.45) is 3.55. The van der Waals surface area contributed by atoms with Crippen molar-refractivity contribution in [3.05, 3.63) is 9.47 Å². The molecule has 0 spiro atoms.